The Bertz CT molecular complexity index is 971. The van der Waals surface area contributed by atoms with Crippen LogP contribution in [0.1, 0.15) is 24.0 Å². The number of alkyl carbamates (subject to hydrolysis) is 1. The van der Waals surface area contributed by atoms with Gasteiger partial charge in [0.05, 0.1) is 6.04 Å². The molecule has 33 heavy (non-hydrogen) atoms. The van der Waals surface area contributed by atoms with Crippen LogP contribution in [-0.4, -0.2) is 41.7 Å². The van der Waals surface area contributed by atoms with Gasteiger partial charge in [-0.25, -0.2) is 4.79 Å². The summed E-state index contributed by atoms with van der Waals surface area (Å²) >= 11 is 3.88. The molecule has 1 saturated heterocycles. The third-order valence-corrected chi connectivity index (χ3v) is 5.71. The quantitative estimate of drug-likeness (QED) is 0.398. The van der Waals surface area contributed by atoms with Gasteiger partial charge < -0.3 is 20.7 Å². The first kappa shape index (κ1) is 24.3. The molecule has 0 saturated carbocycles. The predicted molar refractivity (Wildman–Crippen MR) is 125 cm³/mol. The van der Waals surface area contributed by atoms with Crippen molar-refractivity contribution >= 4 is 35.7 Å². The van der Waals surface area contributed by atoms with Crippen molar-refractivity contribution in [2.24, 2.45) is 5.92 Å². The smallest absolute Gasteiger partial charge is 0.408 e. The van der Waals surface area contributed by atoms with Gasteiger partial charge in [-0.15, -0.1) is 12.6 Å². The molecule has 174 valence electrons. The van der Waals surface area contributed by atoms with Crippen LogP contribution in [0.2, 0.25) is 0 Å². The highest BCUT2D eigenvalue weighted by Crippen LogP contribution is 2.17. The summed E-state index contributed by atoms with van der Waals surface area (Å²) < 4.78 is 5.26. The Morgan fingerprint density at radius 1 is 0.970 bits per heavy atom. The normalized spacial score (nSPS) is 16.9. The summed E-state index contributed by atoms with van der Waals surface area (Å²) in [7, 11) is 0. The summed E-state index contributed by atoms with van der Waals surface area (Å²) in [5.74, 6) is -1.07. The Kier molecular flexibility index (Phi) is 8.88. The maximum atomic E-state index is 13.1. The number of carbonyl (C=O) groups is 4. The van der Waals surface area contributed by atoms with Crippen LogP contribution in [0, 0.1) is 5.92 Å². The van der Waals surface area contributed by atoms with E-state index in [1.165, 1.54) is 0 Å². The van der Waals surface area contributed by atoms with Crippen molar-refractivity contribution in [2.75, 3.05) is 6.54 Å². The number of benzene rings is 2. The molecule has 8 nitrogen and oxygen atoms in total. The number of hydrogen-bond donors (Lipinski definition) is 4. The topological polar surface area (TPSA) is 114 Å². The lowest BCUT2D eigenvalue weighted by Gasteiger charge is -2.23. The molecular weight excluding hydrogens is 442 g/mol. The van der Waals surface area contributed by atoms with Crippen molar-refractivity contribution in [3.05, 3.63) is 71.8 Å². The first-order valence-corrected chi connectivity index (χ1v) is 11.2. The van der Waals surface area contributed by atoms with E-state index in [2.05, 4.69) is 28.6 Å². The standard InChI is InChI=1S/C24H27N3O5S/c28-21-18(11-12-25-21)14-20(23(30)33)26-22(29)19(13-16-7-3-1-4-8-16)27-24(31)32-15-17-9-5-2-6-10-17/h1-10,18-20H,11-15H2,(H,25,28)(H,26,29)(H,27,31)(H,30,33)/t18-,19-,20-/m0/s1. The summed E-state index contributed by atoms with van der Waals surface area (Å²) in [6, 6.07) is 16.4. The second-order valence-corrected chi connectivity index (χ2v) is 8.30. The first-order valence-electron chi connectivity index (χ1n) is 10.7. The third kappa shape index (κ3) is 7.64. The molecule has 0 aromatic heterocycles. The van der Waals surface area contributed by atoms with Gasteiger partial charge in [0.1, 0.15) is 12.6 Å². The molecule has 9 heteroatoms. The van der Waals surface area contributed by atoms with Gasteiger partial charge in [0.25, 0.3) is 0 Å². The lowest BCUT2D eigenvalue weighted by atomic mass is 9.98. The molecule has 0 aliphatic carbocycles. The summed E-state index contributed by atoms with van der Waals surface area (Å²) in [5, 5.41) is 7.41. The van der Waals surface area contributed by atoms with Crippen molar-refractivity contribution in [3.8, 4) is 0 Å². The van der Waals surface area contributed by atoms with E-state index in [4.69, 9.17) is 4.74 Å². The molecule has 1 heterocycles. The Balaban J connectivity index is 1.66. The molecule has 2 aromatic rings. The van der Waals surface area contributed by atoms with Crippen molar-refractivity contribution in [3.63, 3.8) is 0 Å². The van der Waals surface area contributed by atoms with Gasteiger partial charge in [0.2, 0.25) is 16.9 Å². The van der Waals surface area contributed by atoms with E-state index in [1.807, 2.05) is 60.7 Å². The molecule has 3 amide bonds. The first-order chi connectivity index (χ1) is 15.9. The fraction of sp³-hybridized carbons (Fsp3) is 0.333. The van der Waals surface area contributed by atoms with Crippen LogP contribution < -0.4 is 16.0 Å². The van der Waals surface area contributed by atoms with Crippen LogP contribution in [0.3, 0.4) is 0 Å². The average Bonchev–Trinajstić information content (AvgIpc) is 3.22. The SMILES string of the molecule is O=C(N[C@@H](Cc1ccccc1)C(=O)N[C@@H](C[C@@H]1CCNC1=O)C(=O)S)OCc1ccccc1. The number of amides is 3. The highest BCUT2D eigenvalue weighted by Gasteiger charge is 2.32. The maximum absolute atomic E-state index is 13.1. The zero-order valence-electron chi connectivity index (χ0n) is 18.0. The molecule has 3 N–H and O–H groups in total. The van der Waals surface area contributed by atoms with E-state index in [0.717, 1.165) is 11.1 Å². The van der Waals surface area contributed by atoms with Crippen molar-refractivity contribution in [2.45, 2.75) is 38.0 Å². The number of rotatable bonds is 10. The molecule has 3 rings (SSSR count). The molecule has 0 radical (unpaired) electrons. The molecule has 2 aromatic carbocycles. The molecule has 0 bridgehead atoms. The Labute approximate surface area is 197 Å². The van der Waals surface area contributed by atoms with Gasteiger partial charge in [-0.3, -0.25) is 14.4 Å². The van der Waals surface area contributed by atoms with Gasteiger partial charge in [-0.1, -0.05) is 60.7 Å². The van der Waals surface area contributed by atoms with Crippen LogP contribution >= 0.6 is 12.6 Å². The van der Waals surface area contributed by atoms with Gasteiger partial charge in [-0.2, -0.15) is 0 Å². The van der Waals surface area contributed by atoms with Crippen LogP contribution in [0.25, 0.3) is 0 Å². The summed E-state index contributed by atoms with van der Waals surface area (Å²) in [5.41, 5.74) is 1.64. The van der Waals surface area contributed by atoms with E-state index in [0.29, 0.717) is 13.0 Å². The minimum atomic E-state index is -0.983. The van der Waals surface area contributed by atoms with Crippen molar-refractivity contribution in [1.82, 2.24) is 16.0 Å². The van der Waals surface area contributed by atoms with E-state index in [9.17, 15) is 19.2 Å². The second kappa shape index (κ2) is 12.1. The highest BCUT2D eigenvalue weighted by atomic mass is 32.1. The van der Waals surface area contributed by atoms with Gasteiger partial charge in [0, 0.05) is 18.9 Å². The molecule has 3 atom stereocenters. The molecule has 1 aliphatic heterocycles. The highest BCUT2D eigenvalue weighted by molar-refractivity contribution is 7.96. The predicted octanol–water partition coefficient (Wildman–Crippen LogP) is 1.99. The van der Waals surface area contributed by atoms with E-state index in [-0.39, 0.29) is 31.3 Å². The van der Waals surface area contributed by atoms with Crippen LogP contribution in [-0.2, 0) is 32.1 Å². The number of nitrogens with one attached hydrogen (secondary N) is 3. The zero-order chi connectivity index (χ0) is 23.6. The average molecular weight is 470 g/mol. The van der Waals surface area contributed by atoms with E-state index < -0.39 is 29.2 Å². The summed E-state index contributed by atoms with van der Waals surface area (Å²) in [6.07, 6.45) is 0.184. The number of thiol groups is 1. The van der Waals surface area contributed by atoms with Crippen molar-refractivity contribution < 1.29 is 23.9 Å². The number of carbonyl (C=O) groups excluding carboxylic acids is 4. The molecule has 1 fully saturated rings. The minimum Gasteiger partial charge on any atom is -0.445 e. The monoisotopic (exact) mass is 469 g/mol. The van der Waals surface area contributed by atoms with E-state index >= 15 is 0 Å². The summed E-state index contributed by atoms with van der Waals surface area (Å²) in [6.45, 7) is 0.595. The van der Waals surface area contributed by atoms with Crippen molar-refractivity contribution in [1.29, 1.82) is 0 Å². The fourth-order valence-corrected chi connectivity index (χ4v) is 3.78. The molecule has 0 unspecified atom stereocenters. The van der Waals surface area contributed by atoms with Gasteiger partial charge in [-0.05, 0) is 24.0 Å². The Morgan fingerprint density at radius 2 is 1.61 bits per heavy atom. The maximum Gasteiger partial charge on any atom is 0.408 e. The lowest BCUT2D eigenvalue weighted by molar-refractivity contribution is -0.128. The Morgan fingerprint density at radius 3 is 2.18 bits per heavy atom. The molecule has 1 aliphatic rings. The Hall–Kier alpha value is -3.33. The van der Waals surface area contributed by atoms with E-state index in [1.54, 1.807) is 0 Å². The largest absolute Gasteiger partial charge is 0.445 e. The van der Waals surface area contributed by atoms with Gasteiger partial charge >= 0.3 is 6.09 Å². The third-order valence-electron chi connectivity index (χ3n) is 5.40. The zero-order valence-corrected chi connectivity index (χ0v) is 18.9. The number of hydrogen-bond acceptors (Lipinski definition) is 5. The van der Waals surface area contributed by atoms with Crippen LogP contribution in [0.4, 0.5) is 4.79 Å². The second-order valence-electron chi connectivity index (χ2n) is 7.86. The van der Waals surface area contributed by atoms with Gasteiger partial charge in [0.15, 0.2) is 0 Å². The van der Waals surface area contributed by atoms with Crippen LogP contribution in [0.5, 0.6) is 0 Å². The summed E-state index contributed by atoms with van der Waals surface area (Å²) in [4.78, 5) is 49.4. The molecule has 0 spiro atoms. The number of ether oxygens (including phenoxy) is 1. The van der Waals surface area contributed by atoms with Crippen LogP contribution in [0.15, 0.2) is 60.7 Å². The minimum absolute atomic E-state index is 0.0564. The molecular formula is C24H27N3O5S. The lowest BCUT2D eigenvalue weighted by Crippen LogP contribution is -2.52. The fourth-order valence-electron chi connectivity index (χ4n) is 3.61.